The molecule has 0 bridgehead atoms. The first-order valence-electron chi connectivity index (χ1n) is 15.0. The molecule has 6 aromatic rings. The van der Waals surface area contributed by atoms with Crippen LogP contribution in [0.2, 0.25) is 0 Å². The van der Waals surface area contributed by atoms with Gasteiger partial charge in [0.2, 0.25) is 0 Å². The van der Waals surface area contributed by atoms with Gasteiger partial charge in [0.05, 0.1) is 12.8 Å². The zero-order valence-corrected chi connectivity index (χ0v) is 26.8. The van der Waals surface area contributed by atoms with Crippen LogP contribution in [-0.4, -0.2) is 11.9 Å². The predicted octanol–water partition coefficient (Wildman–Crippen LogP) is 10.6. The van der Waals surface area contributed by atoms with E-state index in [0.29, 0.717) is 0 Å². The first-order valence-corrected chi connectivity index (χ1v) is 18.2. The van der Waals surface area contributed by atoms with Gasteiger partial charge in [-0.15, -0.1) is 0 Å². The van der Waals surface area contributed by atoms with E-state index >= 15 is 0 Å². The van der Waals surface area contributed by atoms with Crippen molar-refractivity contribution in [2.45, 2.75) is 42.2 Å². The molecule has 4 nitrogen and oxygen atoms in total. The van der Waals surface area contributed by atoms with Crippen LogP contribution in [0.25, 0.3) is 0 Å². The molecule has 46 heavy (non-hydrogen) atoms. The van der Waals surface area contributed by atoms with Gasteiger partial charge < -0.3 is 8.37 Å². The molecule has 0 atom stereocenters. The molecule has 0 radical (unpaired) electrons. The van der Waals surface area contributed by atoms with Crippen molar-refractivity contribution in [1.82, 2.24) is 0 Å². The highest BCUT2D eigenvalue weighted by atomic mass is 32.3. The Balaban J connectivity index is 1.32. The fraction of sp³-hybridized carbons (Fsp3) is 0.0500. The van der Waals surface area contributed by atoms with Gasteiger partial charge in [-0.05, 0) is 93.4 Å². The zero-order valence-electron chi connectivity index (χ0n) is 25.2. The minimum Gasteiger partial charge on any atom is -0.402 e. The zero-order chi connectivity index (χ0) is 31.7. The van der Waals surface area contributed by atoms with E-state index in [-0.39, 0.29) is 12.8 Å². The Morgan fingerprint density at radius 2 is 0.500 bits per heavy atom. The predicted molar refractivity (Wildman–Crippen MR) is 185 cm³/mol. The van der Waals surface area contributed by atoms with Crippen LogP contribution in [0.15, 0.2) is 211 Å². The summed E-state index contributed by atoms with van der Waals surface area (Å²) in [5.74, 6) is -0.938. The van der Waals surface area contributed by atoms with Crippen molar-refractivity contribution in [3.8, 4) is 0 Å². The first-order chi connectivity index (χ1) is 22.6. The maximum atomic E-state index is 13.9. The summed E-state index contributed by atoms with van der Waals surface area (Å²) in [5.41, 5.74) is 0. The van der Waals surface area contributed by atoms with Crippen molar-refractivity contribution in [3.63, 3.8) is 0 Å². The van der Waals surface area contributed by atoms with Crippen molar-refractivity contribution in [1.29, 1.82) is 0 Å². The molecule has 6 heteroatoms. The molecule has 0 heterocycles. The van der Waals surface area contributed by atoms with Crippen molar-refractivity contribution < 1.29 is 18.0 Å². The Bertz CT molecular complexity index is 1520. The summed E-state index contributed by atoms with van der Waals surface area (Å²) in [4.78, 5) is 33.1. The lowest BCUT2D eigenvalue weighted by Gasteiger charge is -2.40. The lowest BCUT2D eigenvalue weighted by atomic mass is 10.3. The normalized spacial score (nSPS) is 12.1. The Morgan fingerprint density at radius 1 is 0.326 bits per heavy atom. The fourth-order valence-electron chi connectivity index (χ4n) is 5.34. The Labute approximate surface area is 273 Å². The maximum Gasteiger partial charge on any atom is 0.317 e. The van der Waals surface area contributed by atoms with E-state index in [1.165, 1.54) is 0 Å². The quantitative estimate of drug-likeness (QED) is 0.141. The van der Waals surface area contributed by atoms with Crippen molar-refractivity contribution >= 4 is 32.6 Å². The molecule has 230 valence electrons. The van der Waals surface area contributed by atoms with Crippen LogP contribution in [0.1, 0.15) is 12.8 Å². The summed E-state index contributed by atoms with van der Waals surface area (Å²) in [5, 5.41) is 0. The molecule has 0 aliphatic heterocycles. The fourth-order valence-corrected chi connectivity index (χ4v) is 11.5. The minimum absolute atomic E-state index is 0.131. The number of hydrogen-bond donors (Lipinski definition) is 0. The van der Waals surface area contributed by atoms with Crippen LogP contribution in [0, 0.1) is 0 Å². The molecule has 0 unspecified atom stereocenters. The molecular formula is C40H34O4S2. The van der Waals surface area contributed by atoms with Crippen molar-refractivity contribution in [3.05, 3.63) is 182 Å². The second kappa shape index (κ2) is 14.4. The van der Waals surface area contributed by atoms with E-state index in [1.54, 1.807) is 0 Å². The van der Waals surface area contributed by atoms with Gasteiger partial charge in [0.25, 0.3) is 0 Å². The lowest BCUT2D eigenvalue weighted by Crippen LogP contribution is -2.17. The summed E-state index contributed by atoms with van der Waals surface area (Å²) in [6, 6.07) is 59.0. The van der Waals surface area contributed by atoms with Gasteiger partial charge in [-0.25, -0.2) is 0 Å². The van der Waals surface area contributed by atoms with Gasteiger partial charge in [-0.1, -0.05) is 109 Å². The molecule has 0 spiro atoms. The van der Waals surface area contributed by atoms with Gasteiger partial charge in [0, 0.05) is 29.4 Å². The molecule has 0 amide bonds. The summed E-state index contributed by atoms with van der Waals surface area (Å²) in [6.07, 6.45) is -0.262. The molecule has 0 fully saturated rings. The third-order valence-corrected chi connectivity index (χ3v) is 13.9. The standard InChI is InChI=1S/C40H34O4S2/c41-39(43-45(33-19-7-1-8-20-33,34-21-9-2-10-22-34)35-23-11-3-12-24-35)31-32-40(42)44-46(36-25-13-4-14-26-36,37-27-15-5-16-28-37)38-29-17-6-18-30-38/h1-30H,31-32H2. The second-order valence-electron chi connectivity index (χ2n) is 10.4. The summed E-state index contributed by atoms with van der Waals surface area (Å²) in [7, 11) is -4.88. The van der Waals surface area contributed by atoms with Crippen molar-refractivity contribution in [2.75, 3.05) is 0 Å². The molecular weight excluding hydrogens is 609 g/mol. The molecule has 0 aliphatic carbocycles. The van der Waals surface area contributed by atoms with E-state index in [4.69, 9.17) is 8.37 Å². The average molecular weight is 643 g/mol. The third-order valence-electron chi connectivity index (χ3n) is 7.42. The lowest BCUT2D eigenvalue weighted by molar-refractivity contribution is -0.139. The molecule has 0 aliphatic rings. The number of rotatable bonds is 11. The Kier molecular flexibility index (Phi) is 9.68. The highest BCUT2D eigenvalue weighted by Crippen LogP contribution is 2.70. The highest BCUT2D eigenvalue weighted by molar-refractivity contribution is 8.30. The van der Waals surface area contributed by atoms with Gasteiger partial charge in [0.1, 0.15) is 0 Å². The van der Waals surface area contributed by atoms with Crippen LogP contribution in [0.3, 0.4) is 0 Å². The number of carbonyl (C=O) groups excluding carboxylic acids is 2. The third kappa shape index (κ3) is 6.36. The van der Waals surface area contributed by atoms with Crippen LogP contribution >= 0.6 is 20.6 Å². The van der Waals surface area contributed by atoms with E-state index < -0.39 is 32.6 Å². The van der Waals surface area contributed by atoms with Gasteiger partial charge in [-0.3, -0.25) is 9.59 Å². The van der Waals surface area contributed by atoms with Gasteiger partial charge in [-0.2, -0.15) is 0 Å². The van der Waals surface area contributed by atoms with E-state index in [2.05, 4.69) is 0 Å². The Morgan fingerprint density at radius 3 is 0.674 bits per heavy atom. The van der Waals surface area contributed by atoms with Crippen LogP contribution in [0.5, 0.6) is 0 Å². The highest BCUT2D eigenvalue weighted by Gasteiger charge is 2.37. The molecule has 0 saturated heterocycles. The van der Waals surface area contributed by atoms with E-state index in [1.807, 2.05) is 182 Å². The Hall–Kier alpha value is -5.04. The molecule has 0 aromatic heterocycles. The summed E-state index contributed by atoms with van der Waals surface area (Å²) in [6.45, 7) is 0. The smallest absolute Gasteiger partial charge is 0.317 e. The SMILES string of the molecule is O=C(CCC(=O)OS(c1ccccc1)(c1ccccc1)c1ccccc1)OS(c1ccccc1)(c1ccccc1)c1ccccc1. The number of carbonyl (C=O) groups is 2. The first kappa shape index (κ1) is 31.0. The largest absolute Gasteiger partial charge is 0.402 e. The summed E-state index contributed by atoms with van der Waals surface area (Å²) >= 11 is 0. The van der Waals surface area contributed by atoms with E-state index in [0.717, 1.165) is 29.4 Å². The number of hydrogen-bond acceptors (Lipinski definition) is 4. The molecule has 0 saturated carbocycles. The molecule has 0 N–H and O–H groups in total. The monoisotopic (exact) mass is 642 g/mol. The van der Waals surface area contributed by atoms with Crippen LogP contribution in [-0.2, 0) is 18.0 Å². The second-order valence-corrected chi connectivity index (χ2v) is 15.8. The van der Waals surface area contributed by atoms with E-state index in [9.17, 15) is 9.59 Å². The summed E-state index contributed by atoms with van der Waals surface area (Å²) < 4.78 is 13.1. The van der Waals surface area contributed by atoms with Crippen LogP contribution < -0.4 is 0 Å². The molecule has 6 rings (SSSR count). The molecule has 6 aromatic carbocycles. The van der Waals surface area contributed by atoms with Gasteiger partial charge >= 0.3 is 11.9 Å². The number of benzene rings is 6. The van der Waals surface area contributed by atoms with Crippen molar-refractivity contribution in [2.24, 2.45) is 0 Å². The minimum atomic E-state index is -2.44. The van der Waals surface area contributed by atoms with Crippen LogP contribution in [0.4, 0.5) is 0 Å². The maximum absolute atomic E-state index is 13.9. The topological polar surface area (TPSA) is 52.6 Å². The average Bonchev–Trinajstić information content (AvgIpc) is 3.14. The van der Waals surface area contributed by atoms with Gasteiger partial charge in [0.15, 0.2) is 0 Å².